The molecule has 132 valence electrons. The molecule has 0 saturated heterocycles. The summed E-state index contributed by atoms with van der Waals surface area (Å²) in [6.45, 7) is 2.44. The lowest BCUT2D eigenvalue weighted by molar-refractivity contribution is -0.384. The van der Waals surface area contributed by atoms with Crippen LogP contribution in [0, 0.1) is 10.1 Å². The predicted molar refractivity (Wildman–Crippen MR) is 99.1 cm³/mol. The number of nitro groups is 1. The number of aromatic nitrogens is 2. The molecule has 0 fully saturated rings. The fraction of sp³-hybridized carbons (Fsp3) is 0.222. The third-order valence-corrected chi connectivity index (χ3v) is 5.25. The third-order valence-electron chi connectivity index (χ3n) is 4.78. The van der Waals surface area contributed by atoms with E-state index in [0.717, 1.165) is 21.1 Å². The first-order valence-electron chi connectivity index (χ1n) is 8.17. The molecule has 1 aliphatic rings. The van der Waals surface area contributed by atoms with Gasteiger partial charge >= 0.3 is 0 Å². The van der Waals surface area contributed by atoms with Gasteiger partial charge in [0.25, 0.3) is 11.6 Å². The lowest BCUT2D eigenvalue weighted by Gasteiger charge is -2.34. The van der Waals surface area contributed by atoms with Crippen molar-refractivity contribution in [1.82, 2.24) is 14.5 Å². The average Bonchev–Trinajstić information content (AvgIpc) is 3.04. The van der Waals surface area contributed by atoms with E-state index in [-0.39, 0.29) is 17.6 Å². The second-order valence-corrected chi connectivity index (χ2v) is 7.23. The van der Waals surface area contributed by atoms with Crippen molar-refractivity contribution in [3.8, 4) is 0 Å². The van der Waals surface area contributed by atoms with Crippen molar-refractivity contribution in [2.75, 3.05) is 6.54 Å². The molecule has 1 unspecified atom stereocenters. The minimum Gasteiger partial charge on any atom is -0.330 e. The van der Waals surface area contributed by atoms with Crippen LogP contribution >= 0.6 is 15.9 Å². The molecular formula is C18H15BrN4O3. The van der Waals surface area contributed by atoms with Gasteiger partial charge < -0.3 is 4.90 Å². The summed E-state index contributed by atoms with van der Waals surface area (Å²) in [4.78, 5) is 25.3. The number of hydrogen-bond donors (Lipinski definition) is 0. The molecule has 3 heterocycles. The monoisotopic (exact) mass is 414 g/mol. The molecule has 0 aliphatic carbocycles. The first kappa shape index (κ1) is 16.7. The van der Waals surface area contributed by atoms with Crippen molar-refractivity contribution in [1.29, 1.82) is 0 Å². The van der Waals surface area contributed by atoms with Crippen LogP contribution in [0.3, 0.4) is 0 Å². The number of carbonyl (C=O) groups is 1. The van der Waals surface area contributed by atoms with Gasteiger partial charge in [-0.15, -0.1) is 0 Å². The highest BCUT2D eigenvalue weighted by Crippen LogP contribution is 2.32. The van der Waals surface area contributed by atoms with Crippen molar-refractivity contribution in [3.05, 3.63) is 74.0 Å². The van der Waals surface area contributed by atoms with E-state index in [4.69, 9.17) is 0 Å². The number of halogens is 1. The quantitative estimate of drug-likeness (QED) is 0.472. The van der Waals surface area contributed by atoms with Gasteiger partial charge in [0.1, 0.15) is 0 Å². The summed E-state index contributed by atoms with van der Waals surface area (Å²) in [5, 5.41) is 15.3. The van der Waals surface area contributed by atoms with E-state index in [1.165, 1.54) is 6.07 Å². The number of pyridine rings is 1. The summed E-state index contributed by atoms with van der Waals surface area (Å²) in [6, 6.07) is 10.2. The van der Waals surface area contributed by atoms with Gasteiger partial charge in [-0.25, -0.2) is 4.52 Å². The number of amides is 1. The van der Waals surface area contributed by atoms with Crippen molar-refractivity contribution >= 4 is 33.0 Å². The number of fused-ring (bicyclic) bond motifs is 2. The van der Waals surface area contributed by atoms with Crippen LogP contribution < -0.4 is 0 Å². The lowest BCUT2D eigenvalue weighted by atomic mass is 9.93. The van der Waals surface area contributed by atoms with Crippen LogP contribution in [0.2, 0.25) is 0 Å². The minimum absolute atomic E-state index is 0.0849. The molecule has 1 atom stereocenters. The molecule has 0 bridgehead atoms. The fourth-order valence-corrected chi connectivity index (χ4v) is 3.75. The van der Waals surface area contributed by atoms with Gasteiger partial charge in [-0.3, -0.25) is 14.9 Å². The van der Waals surface area contributed by atoms with Crippen LogP contribution in [-0.2, 0) is 6.42 Å². The van der Waals surface area contributed by atoms with Gasteiger partial charge in [-0.1, -0.05) is 0 Å². The molecule has 0 radical (unpaired) electrons. The fourth-order valence-electron chi connectivity index (χ4n) is 3.42. The van der Waals surface area contributed by atoms with Crippen molar-refractivity contribution < 1.29 is 9.72 Å². The van der Waals surface area contributed by atoms with Gasteiger partial charge in [-0.05, 0) is 64.7 Å². The molecule has 26 heavy (non-hydrogen) atoms. The van der Waals surface area contributed by atoms with Gasteiger partial charge in [0, 0.05) is 29.3 Å². The Morgan fingerprint density at radius 3 is 2.88 bits per heavy atom. The molecule has 1 amide bonds. The zero-order valence-electron chi connectivity index (χ0n) is 13.9. The van der Waals surface area contributed by atoms with Crippen molar-refractivity contribution in [2.45, 2.75) is 19.4 Å². The van der Waals surface area contributed by atoms with Crippen LogP contribution in [0.4, 0.5) is 5.69 Å². The summed E-state index contributed by atoms with van der Waals surface area (Å²) in [6.07, 6.45) is 2.40. The van der Waals surface area contributed by atoms with Crippen molar-refractivity contribution in [2.24, 2.45) is 0 Å². The largest absolute Gasteiger partial charge is 0.330 e. The molecule has 2 aromatic heterocycles. The van der Waals surface area contributed by atoms with Gasteiger partial charge in [0.15, 0.2) is 5.69 Å². The summed E-state index contributed by atoms with van der Waals surface area (Å²) in [5.74, 6) is -0.138. The van der Waals surface area contributed by atoms with E-state index >= 15 is 0 Å². The number of nitro benzene ring substituents is 1. The van der Waals surface area contributed by atoms with Crippen LogP contribution in [-0.4, -0.2) is 31.9 Å². The summed E-state index contributed by atoms with van der Waals surface area (Å²) in [5.41, 5.74) is 3.19. The van der Waals surface area contributed by atoms with E-state index in [1.54, 1.807) is 33.8 Å². The highest BCUT2D eigenvalue weighted by atomic mass is 79.9. The molecule has 0 N–H and O–H groups in total. The van der Waals surface area contributed by atoms with Crippen LogP contribution in [0.25, 0.3) is 5.52 Å². The van der Waals surface area contributed by atoms with Gasteiger partial charge in [0.05, 0.1) is 16.5 Å². The molecule has 4 rings (SSSR count). The number of rotatable bonds is 2. The number of benzene rings is 1. The molecule has 1 aromatic carbocycles. The average molecular weight is 415 g/mol. The Morgan fingerprint density at radius 1 is 1.31 bits per heavy atom. The maximum absolute atomic E-state index is 13.0. The van der Waals surface area contributed by atoms with Crippen molar-refractivity contribution in [3.63, 3.8) is 0 Å². The lowest BCUT2D eigenvalue weighted by Crippen LogP contribution is -2.39. The number of carbonyl (C=O) groups excluding carboxylic acids is 1. The number of non-ortho nitro benzene ring substituents is 1. The second-order valence-electron chi connectivity index (χ2n) is 6.31. The Hall–Kier alpha value is -2.74. The summed E-state index contributed by atoms with van der Waals surface area (Å²) < 4.78 is 2.55. The molecule has 0 spiro atoms. The van der Waals surface area contributed by atoms with E-state index in [1.807, 2.05) is 19.1 Å². The van der Waals surface area contributed by atoms with Gasteiger partial charge in [-0.2, -0.15) is 5.10 Å². The molecular weight excluding hydrogens is 400 g/mol. The van der Waals surface area contributed by atoms with Gasteiger partial charge in [0.2, 0.25) is 0 Å². The number of nitrogens with zero attached hydrogens (tertiary/aromatic N) is 4. The van der Waals surface area contributed by atoms with E-state index in [0.29, 0.717) is 18.7 Å². The minimum atomic E-state index is -0.392. The molecule has 1 aliphatic heterocycles. The third kappa shape index (κ3) is 2.76. The van der Waals surface area contributed by atoms with E-state index in [2.05, 4.69) is 21.0 Å². The summed E-state index contributed by atoms with van der Waals surface area (Å²) in [7, 11) is 0. The van der Waals surface area contributed by atoms with E-state index in [9.17, 15) is 14.9 Å². The zero-order valence-corrected chi connectivity index (χ0v) is 15.5. The Morgan fingerprint density at radius 2 is 2.12 bits per heavy atom. The maximum atomic E-state index is 13.0. The second kappa shape index (κ2) is 6.21. The predicted octanol–water partition coefficient (Wildman–Crippen LogP) is 3.76. The van der Waals surface area contributed by atoms with Crippen LogP contribution in [0.1, 0.15) is 34.6 Å². The van der Waals surface area contributed by atoms with Crippen LogP contribution in [0.15, 0.2) is 47.1 Å². The number of hydrogen-bond acceptors (Lipinski definition) is 4. The SMILES string of the molecule is CC1c2ccc([N+](=O)[O-])cc2CCN1C(=O)c1cc2ccc(Br)cn2n1. The molecule has 3 aromatic rings. The standard InChI is InChI=1S/C18H15BrN4O3/c1-11-16-5-4-15(23(25)26)8-12(16)6-7-21(11)18(24)17-9-14-3-2-13(19)10-22(14)20-17/h2-5,8-11H,6-7H2,1H3. The maximum Gasteiger partial charge on any atom is 0.274 e. The topological polar surface area (TPSA) is 80.8 Å². The normalized spacial score (nSPS) is 16.5. The Kier molecular flexibility index (Phi) is 3.99. The van der Waals surface area contributed by atoms with E-state index < -0.39 is 4.92 Å². The Labute approximate surface area is 157 Å². The highest BCUT2D eigenvalue weighted by molar-refractivity contribution is 9.10. The zero-order chi connectivity index (χ0) is 18.4. The molecule has 0 saturated carbocycles. The first-order chi connectivity index (χ1) is 12.4. The van der Waals surface area contributed by atoms with Crippen LogP contribution in [0.5, 0.6) is 0 Å². The summed E-state index contributed by atoms with van der Waals surface area (Å²) >= 11 is 3.39. The smallest absolute Gasteiger partial charge is 0.274 e. The first-order valence-corrected chi connectivity index (χ1v) is 8.96. The molecule has 7 nitrogen and oxygen atoms in total. The highest BCUT2D eigenvalue weighted by Gasteiger charge is 2.30. The Balaban J connectivity index is 1.65. The molecule has 8 heteroatoms. The Bertz CT molecular complexity index is 1050.